The summed E-state index contributed by atoms with van der Waals surface area (Å²) >= 11 is 9.43. The Labute approximate surface area is 124 Å². The first-order valence-electron chi connectivity index (χ1n) is 5.98. The lowest BCUT2D eigenvalue weighted by Gasteiger charge is -2.17. The highest BCUT2D eigenvalue weighted by Crippen LogP contribution is 2.30. The van der Waals surface area contributed by atoms with Gasteiger partial charge in [-0.15, -0.1) is 0 Å². The normalized spacial score (nSPS) is 13.4. The van der Waals surface area contributed by atoms with Gasteiger partial charge in [-0.2, -0.15) is 13.2 Å². The molecule has 0 aliphatic carbocycles. The van der Waals surface area contributed by atoms with Gasteiger partial charge in [0.05, 0.1) is 5.69 Å². The van der Waals surface area contributed by atoms with Gasteiger partial charge in [-0.25, -0.2) is 0 Å². The second-order valence-corrected chi connectivity index (χ2v) is 5.90. The molecular formula is C13H16BrClF3N. The number of aryl methyl sites for hydroxylation is 1. The van der Waals surface area contributed by atoms with Crippen molar-refractivity contribution >= 4 is 33.2 Å². The van der Waals surface area contributed by atoms with Crippen LogP contribution in [0.5, 0.6) is 0 Å². The molecule has 1 unspecified atom stereocenters. The first-order valence-corrected chi connectivity index (χ1v) is 7.15. The van der Waals surface area contributed by atoms with Gasteiger partial charge in [-0.05, 0) is 60.3 Å². The number of rotatable bonds is 5. The van der Waals surface area contributed by atoms with Crippen LogP contribution in [-0.4, -0.2) is 12.2 Å². The molecule has 0 aromatic heterocycles. The SMILES string of the molecule is Cc1cc(Br)c(NC(C)CCCC(F)(F)F)cc1Cl. The third-order valence-corrected chi connectivity index (χ3v) is 3.81. The third-order valence-electron chi connectivity index (χ3n) is 2.75. The maximum absolute atomic E-state index is 12.0. The molecule has 0 aliphatic rings. The molecule has 1 aromatic carbocycles. The van der Waals surface area contributed by atoms with Crippen molar-refractivity contribution in [1.82, 2.24) is 0 Å². The van der Waals surface area contributed by atoms with Crippen LogP contribution in [0.3, 0.4) is 0 Å². The molecule has 0 amide bonds. The predicted molar refractivity (Wildman–Crippen MR) is 76.9 cm³/mol. The van der Waals surface area contributed by atoms with Crippen LogP contribution in [0.4, 0.5) is 18.9 Å². The number of hydrogen-bond donors (Lipinski definition) is 1. The van der Waals surface area contributed by atoms with Crippen molar-refractivity contribution < 1.29 is 13.2 Å². The van der Waals surface area contributed by atoms with E-state index in [2.05, 4.69) is 21.2 Å². The molecule has 0 radical (unpaired) electrons. The van der Waals surface area contributed by atoms with Crippen molar-refractivity contribution in [1.29, 1.82) is 0 Å². The van der Waals surface area contributed by atoms with Crippen LogP contribution in [0, 0.1) is 6.92 Å². The van der Waals surface area contributed by atoms with Crippen molar-refractivity contribution in [2.24, 2.45) is 0 Å². The van der Waals surface area contributed by atoms with Crippen molar-refractivity contribution in [3.8, 4) is 0 Å². The Balaban J connectivity index is 2.53. The van der Waals surface area contributed by atoms with E-state index in [0.717, 1.165) is 15.7 Å². The van der Waals surface area contributed by atoms with Gasteiger partial charge in [0.2, 0.25) is 0 Å². The second-order valence-electron chi connectivity index (χ2n) is 4.63. The van der Waals surface area contributed by atoms with Crippen LogP contribution in [-0.2, 0) is 0 Å². The molecule has 0 saturated heterocycles. The van der Waals surface area contributed by atoms with Crippen LogP contribution in [0.15, 0.2) is 16.6 Å². The molecule has 1 aromatic rings. The van der Waals surface area contributed by atoms with E-state index in [9.17, 15) is 13.2 Å². The third kappa shape index (κ3) is 6.04. The first-order chi connectivity index (χ1) is 8.69. The fourth-order valence-corrected chi connectivity index (χ4v) is 2.44. The topological polar surface area (TPSA) is 12.0 Å². The molecule has 19 heavy (non-hydrogen) atoms. The van der Waals surface area contributed by atoms with Gasteiger partial charge in [0.1, 0.15) is 0 Å². The molecule has 1 atom stereocenters. The summed E-state index contributed by atoms with van der Waals surface area (Å²) in [4.78, 5) is 0. The van der Waals surface area contributed by atoms with Gasteiger partial charge >= 0.3 is 6.18 Å². The monoisotopic (exact) mass is 357 g/mol. The molecule has 0 heterocycles. The van der Waals surface area contributed by atoms with E-state index in [1.807, 2.05) is 19.9 Å². The highest BCUT2D eigenvalue weighted by molar-refractivity contribution is 9.10. The summed E-state index contributed by atoms with van der Waals surface area (Å²) in [5.41, 5.74) is 1.75. The van der Waals surface area contributed by atoms with E-state index in [-0.39, 0.29) is 12.5 Å². The average molecular weight is 359 g/mol. The quantitative estimate of drug-likeness (QED) is 0.686. The maximum Gasteiger partial charge on any atom is 0.389 e. The molecule has 0 bridgehead atoms. The molecular weight excluding hydrogens is 343 g/mol. The lowest BCUT2D eigenvalue weighted by Crippen LogP contribution is -2.17. The summed E-state index contributed by atoms with van der Waals surface area (Å²) in [5, 5.41) is 3.80. The van der Waals surface area contributed by atoms with E-state index in [1.165, 1.54) is 0 Å². The smallest absolute Gasteiger partial charge is 0.382 e. The zero-order valence-electron chi connectivity index (χ0n) is 10.7. The Bertz CT molecular complexity index is 435. The summed E-state index contributed by atoms with van der Waals surface area (Å²) < 4.78 is 37.0. The van der Waals surface area contributed by atoms with Crippen LogP contribution >= 0.6 is 27.5 Å². The lowest BCUT2D eigenvalue weighted by atomic mass is 10.1. The van der Waals surface area contributed by atoms with Crippen LogP contribution < -0.4 is 5.32 Å². The van der Waals surface area contributed by atoms with Crippen LogP contribution in [0.1, 0.15) is 31.7 Å². The van der Waals surface area contributed by atoms with Gasteiger partial charge in [-0.3, -0.25) is 0 Å². The standard InChI is InChI=1S/C13H16BrClF3N/c1-8-6-10(14)12(7-11(8)15)19-9(2)4-3-5-13(16,17)18/h6-7,9,19H,3-5H2,1-2H3. The highest BCUT2D eigenvalue weighted by atomic mass is 79.9. The molecule has 0 fully saturated rings. The molecule has 0 saturated carbocycles. The Hall–Kier alpha value is -0.420. The Kier molecular flexibility index (Phi) is 5.99. The van der Waals surface area contributed by atoms with Crippen LogP contribution in [0.2, 0.25) is 5.02 Å². The molecule has 1 nitrogen and oxygen atoms in total. The van der Waals surface area contributed by atoms with Crippen molar-refractivity contribution in [2.75, 3.05) is 5.32 Å². The summed E-state index contributed by atoms with van der Waals surface area (Å²) in [6.45, 7) is 3.75. The van der Waals surface area contributed by atoms with Gasteiger partial charge in [-0.1, -0.05) is 11.6 Å². The minimum atomic E-state index is -4.08. The van der Waals surface area contributed by atoms with E-state index < -0.39 is 12.6 Å². The summed E-state index contributed by atoms with van der Waals surface area (Å²) in [6.07, 6.45) is -4.24. The summed E-state index contributed by atoms with van der Waals surface area (Å²) in [6, 6.07) is 3.62. The van der Waals surface area contributed by atoms with Crippen LogP contribution in [0.25, 0.3) is 0 Å². The zero-order chi connectivity index (χ0) is 14.6. The van der Waals surface area contributed by atoms with Gasteiger partial charge < -0.3 is 5.32 Å². The Morgan fingerprint density at radius 1 is 1.37 bits per heavy atom. The van der Waals surface area contributed by atoms with E-state index in [0.29, 0.717) is 11.4 Å². The fourth-order valence-electron chi connectivity index (χ4n) is 1.70. The van der Waals surface area contributed by atoms with E-state index in [1.54, 1.807) is 6.07 Å². The van der Waals surface area contributed by atoms with Gasteiger partial charge in [0.25, 0.3) is 0 Å². The van der Waals surface area contributed by atoms with E-state index in [4.69, 9.17) is 11.6 Å². The highest BCUT2D eigenvalue weighted by Gasteiger charge is 2.26. The summed E-state index contributed by atoms with van der Waals surface area (Å²) in [7, 11) is 0. The van der Waals surface area contributed by atoms with Crippen molar-refractivity contribution in [3.05, 3.63) is 27.2 Å². The number of hydrogen-bond acceptors (Lipinski definition) is 1. The number of halogens is 5. The molecule has 6 heteroatoms. The van der Waals surface area contributed by atoms with Crippen molar-refractivity contribution in [2.45, 2.75) is 45.3 Å². The Morgan fingerprint density at radius 2 is 2.00 bits per heavy atom. The first kappa shape index (κ1) is 16.6. The summed E-state index contributed by atoms with van der Waals surface area (Å²) in [5.74, 6) is 0. The molecule has 1 N–H and O–H groups in total. The molecule has 108 valence electrons. The average Bonchev–Trinajstić information content (AvgIpc) is 2.24. The lowest BCUT2D eigenvalue weighted by molar-refractivity contribution is -0.135. The Morgan fingerprint density at radius 3 is 2.58 bits per heavy atom. The fraction of sp³-hybridized carbons (Fsp3) is 0.538. The van der Waals surface area contributed by atoms with Gasteiger partial charge in [0, 0.05) is 22.0 Å². The number of alkyl halides is 3. The number of benzene rings is 1. The molecule has 1 rings (SSSR count). The largest absolute Gasteiger partial charge is 0.389 e. The predicted octanol–water partition coefficient (Wildman–Crippen LogP) is 5.94. The second kappa shape index (κ2) is 6.84. The maximum atomic E-state index is 12.0. The van der Waals surface area contributed by atoms with Crippen molar-refractivity contribution in [3.63, 3.8) is 0 Å². The minimum Gasteiger partial charge on any atom is -0.382 e. The minimum absolute atomic E-state index is 0.0441. The van der Waals surface area contributed by atoms with Gasteiger partial charge in [0.15, 0.2) is 0 Å². The zero-order valence-corrected chi connectivity index (χ0v) is 13.1. The van der Waals surface area contributed by atoms with E-state index >= 15 is 0 Å². The molecule has 0 spiro atoms. The number of anilines is 1. The molecule has 0 aliphatic heterocycles. The number of nitrogens with one attached hydrogen (secondary N) is 1.